The van der Waals surface area contributed by atoms with Gasteiger partial charge in [0.1, 0.15) is 29.6 Å². The molecule has 0 spiro atoms. The summed E-state index contributed by atoms with van der Waals surface area (Å²) in [5.41, 5.74) is 4.07. The molecule has 2 aliphatic heterocycles. The number of nitrogens with zero attached hydrogens (tertiary/aromatic N) is 1. The highest BCUT2D eigenvalue weighted by Gasteiger charge is 2.29. The van der Waals surface area contributed by atoms with Crippen molar-refractivity contribution in [2.45, 2.75) is 25.4 Å². The van der Waals surface area contributed by atoms with Crippen LogP contribution in [0.2, 0.25) is 0 Å². The topological polar surface area (TPSA) is 62.2 Å². The van der Waals surface area contributed by atoms with Crippen LogP contribution in [-0.2, 0) is 0 Å². The van der Waals surface area contributed by atoms with Gasteiger partial charge in [0.25, 0.3) is 0 Å². The fraction of sp³-hybridized carbons (Fsp3) is 0.267. The molecule has 0 bridgehead atoms. The maximum Gasteiger partial charge on any atom is 0.150 e. The normalized spacial score (nSPS) is 17.4. The van der Waals surface area contributed by atoms with E-state index in [2.05, 4.69) is 23.1 Å². The third-order valence-corrected chi connectivity index (χ3v) is 7.12. The molecule has 2 heterocycles. The van der Waals surface area contributed by atoms with Crippen LogP contribution in [0.15, 0.2) is 72.8 Å². The molecular formula is C30H29NO4. The van der Waals surface area contributed by atoms with Gasteiger partial charge in [-0.15, -0.1) is 0 Å². The fourth-order valence-corrected chi connectivity index (χ4v) is 5.32. The molecule has 178 valence electrons. The van der Waals surface area contributed by atoms with Crippen LogP contribution < -0.4 is 9.47 Å². The van der Waals surface area contributed by atoms with Gasteiger partial charge in [-0.2, -0.15) is 0 Å². The minimum Gasteiger partial charge on any atom is -0.508 e. The molecule has 1 saturated heterocycles. The van der Waals surface area contributed by atoms with Gasteiger partial charge in [-0.05, 0) is 84.2 Å². The fourth-order valence-electron chi connectivity index (χ4n) is 5.32. The minimum atomic E-state index is -0.352. The first kappa shape index (κ1) is 21.8. The van der Waals surface area contributed by atoms with Gasteiger partial charge in [-0.1, -0.05) is 36.8 Å². The standard InChI is InChI=1S/C30H29NO4/c32-22-7-12-25-21(18-22)6-11-27-26-13-8-23(33)19-28(26)35-30(29(25)27)20-4-9-24(10-5-20)34-17-16-31-14-2-1-3-15-31/h4-13,18-19,30,32-33H,1-3,14-17H2/t30-/m1/s1. The third kappa shape index (κ3) is 4.28. The number of benzene rings is 4. The summed E-state index contributed by atoms with van der Waals surface area (Å²) in [5.74, 6) is 1.92. The van der Waals surface area contributed by atoms with E-state index >= 15 is 0 Å². The number of phenolic OH excluding ortho intramolecular Hbond substituents is 2. The van der Waals surface area contributed by atoms with E-state index in [1.807, 2.05) is 30.3 Å². The molecule has 0 unspecified atom stereocenters. The van der Waals surface area contributed by atoms with Crippen molar-refractivity contribution in [1.29, 1.82) is 0 Å². The van der Waals surface area contributed by atoms with Crippen molar-refractivity contribution in [2.24, 2.45) is 0 Å². The van der Waals surface area contributed by atoms with Crippen LogP contribution in [0.5, 0.6) is 23.0 Å². The first-order valence-electron chi connectivity index (χ1n) is 12.4. The second-order valence-electron chi connectivity index (χ2n) is 9.43. The average Bonchev–Trinajstić information content (AvgIpc) is 2.88. The van der Waals surface area contributed by atoms with Crippen molar-refractivity contribution in [3.05, 3.63) is 83.9 Å². The van der Waals surface area contributed by atoms with E-state index in [4.69, 9.17) is 9.47 Å². The molecule has 0 amide bonds. The van der Waals surface area contributed by atoms with E-state index in [0.717, 1.165) is 45.3 Å². The molecule has 5 heteroatoms. The number of likely N-dealkylation sites (tertiary alicyclic amines) is 1. The van der Waals surface area contributed by atoms with Gasteiger partial charge >= 0.3 is 0 Å². The summed E-state index contributed by atoms with van der Waals surface area (Å²) < 4.78 is 12.5. The Hall–Kier alpha value is -3.70. The van der Waals surface area contributed by atoms with Crippen LogP contribution in [0.4, 0.5) is 0 Å². The van der Waals surface area contributed by atoms with Gasteiger partial charge in [-0.25, -0.2) is 0 Å². The number of phenols is 2. The summed E-state index contributed by atoms with van der Waals surface area (Å²) in [5, 5.41) is 22.1. The molecule has 35 heavy (non-hydrogen) atoms. The van der Waals surface area contributed by atoms with Crippen molar-refractivity contribution in [3.63, 3.8) is 0 Å². The third-order valence-electron chi connectivity index (χ3n) is 7.12. The second-order valence-corrected chi connectivity index (χ2v) is 9.43. The summed E-state index contributed by atoms with van der Waals surface area (Å²) in [6.45, 7) is 3.98. The molecule has 1 fully saturated rings. The largest absolute Gasteiger partial charge is 0.508 e. The highest BCUT2D eigenvalue weighted by Crippen LogP contribution is 2.48. The monoisotopic (exact) mass is 467 g/mol. The Kier molecular flexibility index (Phi) is 5.71. The molecule has 0 aliphatic carbocycles. The maximum atomic E-state index is 10.1. The van der Waals surface area contributed by atoms with E-state index in [0.29, 0.717) is 12.4 Å². The van der Waals surface area contributed by atoms with Crippen LogP contribution in [-0.4, -0.2) is 41.4 Å². The number of rotatable bonds is 5. The lowest BCUT2D eigenvalue weighted by Crippen LogP contribution is -2.33. The van der Waals surface area contributed by atoms with Crippen molar-refractivity contribution >= 4 is 10.8 Å². The van der Waals surface area contributed by atoms with Gasteiger partial charge in [0.05, 0.1) is 0 Å². The zero-order valence-corrected chi connectivity index (χ0v) is 19.6. The lowest BCUT2D eigenvalue weighted by atomic mass is 9.86. The molecule has 2 aliphatic rings. The molecular weight excluding hydrogens is 438 g/mol. The molecule has 4 aromatic carbocycles. The Morgan fingerprint density at radius 1 is 0.800 bits per heavy atom. The van der Waals surface area contributed by atoms with E-state index in [1.165, 1.54) is 32.4 Å². The summed E-state index contributed by atoms with van der Waals surface area (Å²) in [4.78, 5) is 2.47. The molecule has 0 saturated carbocycles. The number of ether oxygens (including phenoxy) is 2. The van der Waals surface area contributed by atoms with Crippen LogP contribution in [0.25, 0.3) is 21.9 Å². The minimum absolute atomic E-state index is 0.175. The predicted octanol–water partition coefficient (Wildman–Crippen LogP) is 6.26. The van der Waals surface area contributed by atoms with Crippen LogP contribution >= 0.6 is 0 Å². The Morgan fingerprint density at radius 2 is 1.54 bits per heavy atom. The Balaban J connectivity index is 1.31. The number of aromatic hydroxyl groups is 2. The quantitative estimate of drug-likeness (QED) is 0.363. The Labute approximate surface area is 205 Å². The summed E-state index contributed by atoms with van der Waals surface area (Å²) in [6.07, 6.45) is 3.56. The van der Waals surface area contributed by atoms with Gasteiger partial charge in [-0.3, -0.25) is 4.90 Å². The highest BCUT2D eigenvalue weighted by atomic mass is 16.5. The van der Waals surface area contributed by atoms with Crippen molar-refractivity contribution in [1.82, 2.24) is 4.90 Å². The molecule has 1 atom stereocenters. The van der Waals surface area contributed by atoms with Crippen molar-refractivity contribution < 1.29 is 19.7 Å². The number of fused-ring (bicyclic) bond motifs is 5. The van der Waals surface area contributed by atoms with E-state index in [-0.39, 0.29) is 17.6 Å². The lowest BCUT2D eigenvalue weighted by Gasteiger charge is -2.30. The lowest BCUT2D eigenvalue weighted by molar-refractivity contribution is 0.183. The van der Waals surface area contributed by atoms with E-state index in [9.17, 15) is 10.2 Å². The second kappa shape index (κ2) is 9.16. The predicted molar refractivity (Wildman–Crippen MR) is 137 cm³/mol. The molecule has 4 aromatic rings. The smallest absolute Gasteiger partial charge is 0.150 e. The van der Waals surface area contributed by atoms with Crippen LogP contribution in [0.3, 0.4) is 0 Å². The Bertz CT molecular complexity index is 1360. The Morgan fingerprint density at radius 3 is 2.37 bits per heavy atom. The van der Waals surface area contributed by atoms with E-state index < -0.39 is 0 Å². The SMILES string of the molecule is Oc1ccc2c(c1)O[C@H](c1ccc(OCCN3CCCCC3)cc1)c1c-2ccc2cc(O)ccc12. The molecule has 0 aromatic heterocycles. The summed E-state index contributed by atoms with van der Waals surface area (Å²) in [7, 11) is 0. The maximum absolute atomic E-state index is 10.1. The average molecular weight is 468 g/mol. The highest BCUT2D eigenvalue weighted by molar-refractivity contribution is 5.95. The molecule has 6 rings (SSSR count). The van der Waals surface area contributed by atoms with Gasteiger partial charge < -0.3 is 19.7 Å². The molecule has 2 N–H and O–H groups in total. The van der Waals surface area contributed by atoms with Crippen molar-refractivity contribution in [3.8, 4) is 34.1 Å². The van der Waals surface area contributed by atoms with Crippen LogP contribution in [0.1, 0.15) is 36.5 Å². The number of hydrogen-bond donors (Lipinski definition) is 2. The van der Waals surface area contributed by atoms with Gasteiger partial charge in [0.2, 0.25) is 0 Å². The number of piperidine rings is 1. The summed E-state index contributed by atoms with van der Waals surface area (Å²) >= 11 is 0. The molecule has 5 nitrogen and oxygen atoms in total. The van der Waals surface area contributed by atoms with Gasteiger partial charge in [0, 0.05) is 23.7 Å². The molecule has 0 radical (unpaired) electrons. The van der Waals surface area contributed by atoms with E-state index in [1.54, 1.807) is 24.3 Å². The first-order valence-corrected chi connectivity index (χ1v) is 12.4. The first-order chi connectivity index (χ1) is 17.2. The van der Waals surface area contributed by atoms with Crippen molar-refractivity contribution in [2.75, 3.05) is 26.2 Å². The summed E-state index contributed by atoms with van der Waals surface area (Å²) in [6, 6.07) is 22.9. The number of hydrogen-bond acceptors (Lipinski definition) is 5. The zero-order valence-electron chi connectivity index (χ0n) is 19.6. The van der Waals surface area contributed by atoms with Gasteiger partial charge in [0.15, 0.2) is 6.10 Å². The zero-order chi connectivity index (χ0) is 23.8. The van der Waals surface area contributed by atoms with Crippen LogP contribution in [0, 0.1) is 0 Å².